The molecule has 2 aromatic carbocycles. The summed E-state index contributed by atoms with van der Waals surface area (Å²) >= 11 is 0. The second-order valence-electron chi connectivity index (χ2n) is 9.99. The fourth-order valence-electron chi connectivity index (χ4n) is 5.21. The number of hydrogen-bond donors (Lipinski definition) is 2. The highest BCUT2D eigenvalue weighted by Crippen LogP contribution is 2.46. The number of halogens is 3. The zero-order chi connectivity index (χ0) is 24.7. The van der Waals surface area contributed by atoms with Gasteiger partial charge in [-0.25, -0.2) is 9.78 Å². The summed E-state index contributed by atoms with van der Waals surface area (Å²) in [7, 11) is 0. The van der Waals surface area contributed by atoms with Gasteiger partial charge >= 0.3 is 12.1 Å². The van der Waals surface area contributed by atoms with E-state index in [2.05, 4.69) is 30.7 Å². The number of alkyl halides is 3. The Bertz CT molecular complexity index is 1230. The molecule has 1 aliphatic carbocycles. The number of carboxylic acid groups (broad SMARTS) is 1. The molecule has 5 nitrogen and oxygen atoms in total. The Morgan fingerprint density at radius 2 is 1.88 bits per heavy atom. The molecule has 0 unspecified atom stereocenters. The van der Waals surface area contributed by atoms with Gasteiger partial charge in [-0.1, -0.05) is 26.8 Å². The molecule has 8 heteroatoms. The summed E-state index contributed by atoms with van der Waals surface area (Å²) in [6, 6.07) is 10.7. The van der Waals surface area contributed by atoms with Gasteiger partial charge in [0.05, 0.1) is 16.6 Å². The molecule has 1 saturated carbocycles. The van der Waals surface area contributed by atoms with Crippen LogP contribution in [0.4, 0.5) is 24.8 Å². The van der Waals surface area contributed by atoms with Crippen molar-refractivity contribution in [3.05, 3.63) is 59.7 Å². The summed E-state index contributed by atoms with van der Waals surface area (Å²) in [5.41, 5.74) is 2.25. The molecule has 0 amide bonds. The lowest BCUT2D eigenvalue weighted by atomic mass is 9.70. The maximum Gasteiger partial charge on any atom is 0.416 e. The first-order valence-electron chi connectivity index (χ1n) is 11.3. The number of fused-ring (bicyclic) bond motifs is 1. The van der Waals surface area contributed by atoms with Crippen LogP contribution in [0.3, 0.4) is 0 Å². The topological polar surface area (TPSA) is 67.2 Å². The minimum atomic E-state index is -4.39. The van der Waals surface area contributed by atoms with E-state index < -0.39 is 17.7 Å². The number of aromatic nitrogens is 2. The van der Waals surface area contributed by atoms with Crippen LogP contribution >= 0.6 is 0 Å². The molecule has 0 bridgehead atoms. The van der Waals surface area contributed by atoms with Crippen LogP contribution in [0.1, 0.15) is 57.2 Å². The first kappa shape index (κ1) is 23.9. The molecule has 180 valence electrons. The van der Waals surface area contributed by atoms with Crippen molar-refractivity contribution in [2.24, 2.45) is 11.3 Å². The highest BCUT2D eigenvalue weighted by Gasteiger charge is 2.35. The summed E-state index contributed by atoms with van der Waals surface area (Å²) in [4.78, 5) is 15.7. The Hall–Kier alpha value is -3.29. The van der Waals surface area contributed by atoms with Crippen LogP contribution in [0.15, 0.2) is 48.5 Å². The molecule has 1 heterocycles. The van der Waals surface area contributed by atoms with Crippen molar-refractivity contribution in [2.75, 3.05) is 5.32 Å². The zero-order valence-electron chi connectivity index (χ0n) is 19.4. The molecule has 2 atom stereocenters. The predicted molar refractivity (Wildman–Crippen MR) is 127 cm³/mol. The molecule has 3 aromatic rings. The van der Waals surface area contributed by atoms with Crippen molar-refractivity contribution in [3.63, 3.8) is 0 Å². The van der Waals surface area contributed by atoms with Gasteiger partial charge in [0.1, 0.15) is 0 Å². The number of nitrogens with one attached hydrogen (secondary N) is 1. The molecule has 1 aromatic heterocycles. The third kappa shape index (κ3) is 5.26. The number of rotatable bonds is 5. The molecule has 0 aliphatic heterocycles. The van der Waals surface area contributed by atoms with Crippen LogP contribution in [0, 0.1) is 11.3 Å². The molecule has 0 spiro atoms. The number of benzene rings is 2. The Morgan fingerprint density at radius 1 is 1.18 bits per heavy atom. The lowest BCUT2D eigenvalue weighted by molar-refractivity contribution is -0.137. The quantitative estimate of drug-likeness (QED) is 0.384. The lowest BCUT2D eigenvalue weighted by Crippen LogP contribution is -2.29. The molecule has 1 aliphatic rings. The lowest BCUT2D eigenvalue weighted by Gasteiger charge is -2.40. The van der Waals surface area contributed by atoms with Crippen LogP contribution in [-0.4, -0.2) is 20.6 Å². The first-order valence-corrected chi connectivity index (χ1v) is 11.3. The normalized spacial score (nSPS) is 20.6. The van der Waals surface area contributed by atoms with E-state index in [1.807, 2.05) is 18.2 Å². The Balaban J connectivity index is 1.77. The standard InChI is InChI=1S/C26H28F3N3O2/c1-16-12-20(15-25(2,3)14-16)32-22-10-4-17(5-11-23(33)34)13-21(22)31-24(32)30-19-8-6-18(7-9-19)26(27,28)29/h4-11,13,16,20H,12,14-15H2,1-3H3,(H,30,31)(H,33,34)/b11-5+/t16-,20-/m1/s1. The number of hydrogen-bond acceptors (Lipinski definition) is 3. The summed E-state index contributed by atoms with van der Waals surface area (Å²) in [6.45, 7) is 6.75. The molecule has 0 saturated heterocycles. The summed E-state index contributed by atoms with van der Waals surface area (Å²) < 4.78 is 41.1. The van der Waals surface area contributed by atoms with Gasteiger partial charge in [0.25, 0.3) is 0 Å². The number of carboxylic acids is 1. The maximum atomic E-state index is 13.0. The average Bonchev–Trinajstić information content (AvgIpc) is 3.07. The second-order valence-corrected chi connectivity index (χ2v) is 9.99. The molecule has 1 fully saturated rings. The number of imidazole rings is 1. The van der Waals surface area contributed by atoms with E-state index in [-0.39, 0.29) is 11.5 Å². The van der Waals surface area contributed by atoms with Crippen molar-refractivity contribution in [1.29, 1.82) is 0 Å². The van der Waals surface area contributed by atoms with E-state index in [0.29, 0.717) is 28.6 Å². The van der Waals surface area contributed by atoms with Gasteiger partial charge in [0.2, 0.25) is 5.95 Å². The predicted octanol–water partition coefficient (Wildman–Crippen LogP) is 7.28. The van der Waals surface area contributed by atoms with Gasteiger partial charge < -0.3 is 15.0 Å². The van der Waals surface area contributed by atoms with Gasteiger partial charge in [-0.05, 0) is 78.6 Å². The van der Waals surface area contributed by atoms with Gasteiger partial charge in [-0.15, -0.1) is 0 Å². The van der Waals surface area contributed by atoms with Crippen molar-refractivity contribution in [1.82, 2.24) is 9.55 Å². The smallest absolute Gasteiger partial charge is 0.416 e. The Labute approximate surface area is 196 Å². The minimum Gasteiger partial charge on any atom is -0.478 e. The number of carbonyl (C=O) groups is 1. The van der Waals surface area contributed by atoms with Crippen molar-refractivity contribution in [3.8, 4) is 0 Å². The highest BCUT2D eigenvalue weighted by molar-refractivity contribution is 5.87. The molecule has 4 rings (SSSR count). The average molecular weight is 472 g/mol. The van der Waals surface area contributed by atoms with Crippen LogP contribution in [0.25, 0.3) is 17.1 Å². The SMILES string of the molecule is C[C@@H]1C[C@@H](n2c(Nc3ccc(C(F)(F)F)cc3)nc3cc(/C=C/C(=O)O)ccc32)CC(C)(C)C1. The van der Waals surface area contributed by atoms with Crippen LogP contribution in [0.5, 0.6) is 0 Å². The molecular formula is C26H28F3N3O2. The van der Waals surface area contributed by atoms with Gasteiger partial charge in [-0.3, -0.25) is 0 Å². The maximum absolute atomic E-state index is 13.0. The zero-order valence-corrected chi connectivity index (χ0v) is 19.4. The van der Waals surface area contributed by atoms with E-state index >= 15 is 0 Å². The Kier molecular flexibility index (Phi) is 6.18. The fourth-order valence-corrected chi connectivity index (χ4v) is 5.21. The monoisotopic (exact) mass is 471 g/mol. The third-order valence-electron chi connectivity index (χ3n) is 6.33. The van der Waals surface area contributed by atoms with Crippen molar-refractivity contribution < 1.29 is 23.1 Å². The second kappa shape index (κ2) is 8.81. The van der Waals surface area contributed by atoms with E-state index in [4.69, 9.17) is 10.1 Å². The van der Waals surface area contributed by atoms with E-state index in [1.165, 1.54) is 18.2 Å². The van der Waals surface area contributed by atoms with Crippen LogP contribution in [-0.2, 0) is 11.0 Å². The third-order valence-corrected chi connectivity index (χ3v) is 6.33. The summed E-state index contributed by atoms with van der Waals surface area (Å²) in [5.74, 6) is 0.0422. The largest absolute Gasteiger partial charge is 0.478 e. The molecule has 0 radical (unpaired) electrons. The first-order chi connectivity index (χ1) is 15.9. The number of anilines is 2. The fraction of sp³-hybridized carbons (Fsp3) is 0.385. The number of nitrogens with zero attached hydrogens (tertiary/aromatic N) is 2. The number of aliphatic carboxylic acids is 1. The van der Waals surface area contributed by atoms with Crippen molar-refractivity contribution in [2.45, 2.75) is 52.3 Å². The van der Waals surface area contributed by atoms with E-state index in [1.54, 1.807) is 0 Å². The molecule has 34 heavy (non-hydrogen) atoms. The van der Waals surface area contributed by atoms with Crippen LogP contribution in [0.2, 0.25) is 0 Å². The molecule has 2 N–H and O–H groups in total. The van der Waals surface area contributed by atoms with Crippen molar-refractivity contribution >= 4 is 34.7 Å². The van der Waals surface area contributed by atoms with Gasteiger partial charge in [-0.2, -0.15) is 13.2 Å². The summed E-state index contributed by atoms with van der Waals surface area (Å²) in [6.07, 6.45) is 1.24. The summed E-state index contributed by atoms with van der Waals surface area (Å²) in [5, 5.41) is 12.1. The van der Waals surface area contributed by atoms with Gasteiger partial charge in [0.15, 0.2) is 0 Å². The molecular weight excluding hydrogens is 443 g/mol. The Morgan fingerprint density at radius 3 is 2.50 bits per heavy atom. The van der Waals surface area contributed by atoms with Crippen LogP contribution < -0.4 is 5.32 Å². The van der Waals surface area contributed by atoms with E-state index in [9.17, 15) is 18.0 Å². The minimum absolute atomic E-state index is 0.148. The highest BCUT2D eigenvalue weighted by atomic mass is 19.4. The van der Waals surface area contributed by atoms with Gasteiger partial charge in [0, 0.05) is 17.8 Å². The van der Waals surface area contributed by atoms with E-state index in [0.717, 1.165) is 43.0 Å².